The minimum atomic E-state index is -3.15. The van der Waals surface area contributed by atoms with E-state index >= 15 is 0 Å². The second-order valence-electron chi connectivity index (χ2n) is 7.65. The minimum absolute atomic E-state index is 0. The third kappa shape index (κ3) is 7.85. The number of nitrogens with one attached hydrogen (secondary N) is 2. The van der Waals surface area contributed by atoms with Gasteiger partial charge < -0.3 is 15.4 Å². The number of para-hydroxylation sites is 1. The van der Waals surface area contributed by atoms with Gasteiger partial charge in [0.2, 0.25) is 0 Å². The molecular weight excluding hydrogens is 477 g/mol. The molecule has 0 heterocycles. The summed E-state index contributed by atoms with van der Waals surface area (Å²) < 4.78 is 29.5. The highest BCUT2D eigenvalue weighted by Gasteiger charge is 2.28. The summed E-state index contributed by atoms with van der Waals surface area (Å²) in [6, 6.07) is 7.95. The maximum Gasteiger partial charge on any atom is 0.191 e. The predicted octanol–water partition coefficient (Wildman–Crippen LogP) is 2.97. The van der Waals surface area contributed by atoms with Crippen LogP contribution in [-0.4, -0.2) is 45.1 Å². The Bertz CT molecular complexity index is 726. The monoisotopic (exact) mass is 509 g/mol. The average Bonchev–Trinajstić information content (AvgIpc) is 3.40. The number of benzene rings is 1. The maximum absolute atomic E-state index is 12.2. The zero-order valence-corrected chi connectivity index (χ0v) is 19.8. The van der Waals surface area contributed by atoms with Crippen molar-refractivity contribution in [3.63, 3.8) is 0 Å². The Morgan fingerprint density at radius 2 is 1.89 bits per heavy atom. The molecule has 2 N–H and O–H groups in total. The van der Waals surface area contributed by atoms with E-state index < -0.39 is 14.6 Å². The predicted molar refractivity (Wildman–Crippen MR) is 122 cm³/mol. The summed E-state index contributed by atoms with van der Waals surface area (Å²) in [5, 5.41) is 6.28. The van der Waals surface area contributed by atoms with E-state index in [0.717, 1.165) is 17.9 Å². The number of ether oxygens (including phenoxy) is 1. The van der Waals surface area contributed by atoms with Crippen molar-refractivity contribution in [2.24, 2.45) is 10.9 Å². The van der Waals surface area contributed by atoms with Crippen LogP contribution in [0.4, 0.5) is 0 Å². The number of guanidine groups is 1. The van der Waals surface area contributed by atoms with Gasteiger partial charge in [-0.3, -0.25) is 4.99 Å². The largest absolute Gasteiger partial charge is 0.493 e. The van der Waals surface area contributed by atoms with E-state index in [1.54, 1.807) is 27.8 Å². The summed E-state index contributed by atoms with van der Waals surface area (Å²) in [7, 11) is -1.48. The second-order valence-corrected chi connectivity index (χ2v) is 10.5. The van der Waals surface area contributed by atoms with Gasteiger partial charge in [0, 0.05) is 25.7 Å². The van der Waals surface area contributed by atoms with Crippen molar-refractivity contribution in [3.8, 4) is 5.75 Å². The first-order valence-corrected chi connectivity index (χ1v) is 10.8. The Labute approximate surface area is 180 Å². The zero-order valence-electron chi connectivity index (χ0n) is 16.6. The highest BCUT2D eigenvalue weighted by molar-refractivity contribution is 14.0. The number of halogens is 1. The fourth-order valence-electron chi connectivity index (χ4n) is 2.29. The third-order valence-corrected chi connectivity index (χ3v) is 7.02. The van der Waals surface area contributed by atoms with Gasteiger partial charge in [-0.1, -0.05) is 18.2 Å². The molecule has 8 heteroatoms. The van der Waals surface area contributed by atoms with E-state index in [-0.39, 0.29) is 29.7 Å². The van der Waals surface area contributed by atoms with E-state index in [1.165, 1.54) is 12.8 Å². The van der Waals surface area contributed by atoms with Crippen molar-refractivity contribution >= 4 is 39.8 Å². The molecule has 0 saturated heterocycles. The molecule has 0 aromatic heterocycles. The summed E-state index contributed by atoms with van der Waals surface area (Å²) in [5.74, 6) is 2.23. The van der Waals surface area contributed by atoms with E-state index in [0.29, 0.717) is 25.0 Å². The smallest absolute Gasteiger partial charge is 0.191 e. The van der Waals surface area contributed by atoms with Gasteiger partial charge in [0.15, 0.2) is 15.8 Å². The van der Waals surface area contributed by atoms with Gasteiger partial charge in [-0.05, 0) is 45.6 Å². The Hall–Kier alpha value is -1.03. The van der Waals surface area contributed by atoms with Gasteiger partial charge in [0.05, 0.1) is 17.1 Å². The molecule has 0 amide bonds. The van der Waals surface area contributed by atoms with E-state index in [4.69, 9.17) is 4.74 Å². The van der Waals surface area contributed by atoms with E-state index in [9.17, 15) is 8.42 Å². The molecule has 0 unspecified atom stereocenters. The van der Waals surface area contributed by atoms with Crippen LogP contribution in [0.1, 0.15) is 39.2 Å². The lowest BCUT2D eigenvalue weighted by molar-refractivity contribution is 0.296. The lowest BCUT2D eigenvalue weighted by Gasteiger charge is -2.20. The Morgan fingerprint density at radius 3 is 2.48 bits per heavy atom. The van der Waals surface area contributed by atoms with Crippen LogP contribution in [0.25, 0.3) is 0 Å². The lowest BCUT2D eigenvalue weighted by Crippen LogP contribution is -2.41. The highest BCUT2D eigenvalue weighted by Crippen LogP contribution is 2.30. The number of hydrogen-bond donors (Lipinski definition) is 2. The molecule has 1 aromatic rings. The van der Waals surface area contributed by atoms with Gasteiger partial charge in [0.25, 0.3) is 0 Å². The molecule has 6 nitrogen and oxygen atoms in total. The molecule has 154 valence electrons. The first-order chi connectivity index (χ1) is 12.2. The molecule has 0 aliphatic heterocycles. The topological polar surface area (TPSA) is 79.8 Å². The van der Waals surface area contributed by atoms with Crippen molar-refractivity contribution in [1.29, 1.82) is 0 Å². The average molecular weight is 509 g/mol. The van der Waals surface area contributed by atoms with Crippen LogP contribution in [0.5, 0.6) is 5.75 Å². The van der Waals surface area contributed by atoms with Crippen LogP contribution in [0.15, 0.2) is 29.3 Å². The van der Waals surface area contributed by atoms with Crippen molar-refractivity contribution < 1.29 is 13.2 Å². The van der Waals surface area contributed by atoms with E-state index in [1.807, 2.05) is 24.3 Å². The fourth-order valence-corrected chi connectivity index (χ4v) is 3.28. The van der Waals surface area contributed by atoms with Crippen LogP contribution in [0.3, 0.4) is 0 Å². The SMILES string of the molecule is CN=C(NCCS(=O)(=O)C(C)(C)C)NCc1ccccc1OCC1CC1.I. The molecule has 0 radical (unpaired) electrons. The van der Waals surface area contributed by atoms with Crippen molar-refractivity contribution in [2.75, 3.05) is 26.0 Å². The summed E-state index contributed by atoms with van der Waals surface area (Å²) >= 11 is 0. The van der Waals surface area contributed by atoms with Crippen LogP contribution in [-0.2, 0) is 16.4 Å². The van der Waals surface area contributed by atoms with Crippen molar-refractivity contribution in [1.82, 2.24) is 10.6 Å². The minimum Gasteiger partial charge on any atom is -0.493 e. The van der Waals surface area contributed by atoms with Crippen molar-refractivity contribution in [3.05, 3.63) is 29.8 Å². The quantitative estimate of drug-likeness (QED) is 0.320. The summed E-state index contributed by atoms with van der Waals surface area (Å²) in [4.78, 5) is 4.16. The standard InChI is InChI=1S/C19H31N3O3S.HI/c1-19(2,3)26(23,24)12-11-21-18(20-4)22-13-16-7-5-6-8-17(16)25-14-15-9-10-15;/h5-8,15H,9-14H2,1-4H3,(H2,20,21,22);1H. The molecule has 0 atom stereocenters. The molecule has 0 bridgehead atoms. The van der Waals surface area contributed by atoms with Gasteiger partial charge in [0.1, 0.15) is 5.75 Å². The maximum atomic E-state index is 12.2. The Balaban J connectivity index is 0.00000364. The lowest BCUT2D eigenvalue weighted by atomic mass is 10.2. The molecule has 2 rings (SSSR count). The number of rotatable bonds is 8. The Morgan fingerprint density at radius 1 is 1.22 bits per heavy atom. The van der Waals surface area contributed by atoms with Crippen LogP contribution < -0.4 is 15.4 Å². The summed E-state index contributed by atoms with van der Waals surface area (Å²) in [6.07, 6.45) is 2.52. The molecule has 1 aromatic carbocycles. The molecule has 1 aliphatic carbocycles. The normalized spacial score (nSPS) is 15.0. The first-order valence-electron chi connectivity index (χ1n) is 9.10. The van der Waals surface area contributed by atoms with Crippen molar-refractivity contribution in [2.45, 2.75) is 44.9 Å². The molecule has 1 saturated carbocycles. The van der Waals surface area contributed by atoms with Gasteiger partial charge >= 0.3 is 0 Å². The number of hydrogen-bond acceptors (Lipinski definition) is 4. The van der Waals surface area contributed by atoms with Crippen LogP contribution in [0, 0.1) is 5.92 Å². The Kier molecular flexibility index (Phi) is 9.33. The zero-order chi connectivity index (χ0) is 19.2. The highest BCUT2D eigenvalue weighted by atomic mass is 127. The summed E-state index contributed by atoms with van der Waals surface area (Å²) in [6.45, 7) is 6.80. The van der Waals surface area contributed by atoms with E-state index in [2.05, 4.69) is 15.6 Å². The van der Waals surface area contributed by atoms with Crippen LogP contribution >= 0.6 is 24.0 Å². The molecular formula is C19H32IN3O3S. The molecule has 0 spiro atoms. The number of aliphatic imine (C=N–C) groups is 1. The molecule has 1 aliphatic rings. The first kappa shape index (κ1) is 24.0. The second kappa shape index (κ2) is 10.5. The third-order valence-electron chi connectivity index (χ3n) is 4.41. The van der Waals surface area contributed by atoms with Crippen LogP contribution in [0.2, 0.25) is 0 Å². The fraction of sp³-hybridized carbons (Fsp3) is 0.632. The molecule has 1 fully saturated rings. The number of sulfone groups is 1. The van der Waals surface area contributed by atoms with Gasteiger partial charge in [-0.2, -0.15) is 0 Å². The number of nitrogens with zero attached hydrogens (tertiary/aromatic N) is 1. The van der Waals surface area contributed by atoms with Gasteiger partial charge in [-0.15, -0.1) is 24.0 Å². The van der Waals surface area contributed by atoms with Gasteiger partial charge in [-0.25, -0.2) is 8.42 Å². The molecule has 27 heavy (non-hydrogen) atoms. The summed E-state index contributed by atoms with van der Waals surface area (Å²) in [5.41, 5.74) is 1.05.